The molecular weight excluding hydrogens is 254 g/mol. The fourth-order valence-corrected chi connectivity index (χ4v) is 3.52. The molecule has 2 nitrogen and oxygen atoms in total. The van der Waals surface area contributed by atoms with Crippen LogP contribution < -0.4 is 4.87 Å². The van der Waals surface area contributed by atoms with Crippen LogP contribution in [0.15, 0.2) is 29.1 Å². The second-order valence-electron chi connectivity index (χ2n) is 4.26. The predicted octanol–water partition coefficient (Wildman–Crippen LogP) is 3.43. The summed E-state index contributed by atoms with van der Waals surface area (Å²) in [5, 5.41) is 0.700. The highest BCUT2D eigenvalue weighted by Gasteiger charge is 2.18. The molecule has 88 valence electrons. The van der Waals surface area contributed by atoms with E-state index in [4.69, 9.17) is 11.6 Å². The molecule has 0 bridgehead atoms. The quantitative estimate of drug-likeness (QED) is 0.774. The average Bonchev–Trinajstić information content (AvgIpc) is 2.66. The van der Waals surface area contributed by atoms with Gasteiger partial charge in [-0.05, 0) is 49.9 Å². The van der Waals surface area contributed by atoms with Gasteiger partial charge in [0.1, 0.15) is 0 Å². The molecule has 0 atom stereocenters. The second kappa shape index (κ2) is 4.31. The molecule has 1 aliphatic rings. The molecular formula is C13H12ClNOS. The van der Waals surface area contributed by atoms with E-state index in [2.05, 4.69) is 0 Å². The number of fused-ring (bicyclic) bond motifs is 1. The molecule has 0 fully saturated rings. The lowest BCUT2D eigenvalue weighted by atomic mass is 10.0. The van der Waals surface area contributed by atoms with Gasteiger partial charge in [-0.15, -0.1) is 0 Å². The van der Waals surface area contributed by atoms with Crippen LogP contribution in [0.5, 0.6) is 0 Å². The molecule has 0 spiro atoms. The third-order valence-electron chi connectivity index (χ3n) is 3.14. The van der Waals surface area contributed by atoms with Gasteiger partial charge in [-0.25, -0.2) is 0 Å². The third-order valence-corrected chi connectivity index (χ3v) is 4.43. The van der Waals surface area contributed by atoms with Crippen molar-refractivity contribution < 1.29 is 0 Å². The lowest BCUT2D eigenvalue weighted by Crippen LogP contribution is -2.15. The number of halogens is 1. The van der Waals surface area contributed by atoms with Gasteiger partial charge in [0.15, 0.2) is 0 Å². The molecule has 0 N–H and O–H groups in total. The zero-order valence-corrected chi connectivity index (χ0v) is 10.9. The normalized spacial score (nSPS) is 14.6. The van der Waals surface area contributed by atoms with Gasteiger partial charge in [-0.1, -0.05) is 22.9 Å². The Kier molecular flexibility index (Phi) is 2.81. The van der Waals surface area contributed by atoms with Crippen molar-refractivity contribution in [2.75, 3.05) is 0 Å². The Morgan fingerprint density at radius 3 is 2.59 bits per heavy atom. The summed E-state index contributed by atoms with van der Waals surface area (Å²) in [6.45, 7) is 0. The maximum Gasteiger partial charge on any atom is 0.312 e. The Bertz CT molecular complexity index is 597. The SMILES string of the molecule is O=c1sc2c(n1-c1ccc(Cl)cc1)CCCC2. The summed E-state index contributed by atoms with van der Waals surface area (Å²) in [5.41, 5.74) is 2.13. The smallest absolute Gasteiger partial charge is 0.271 e. The molecule has 1 heterocycles. The zero-order valence-electron chi connectivity index (χ0n) is 9.28. The van der Waals surface area contributed by atoms with Crippen LogP contribution in [-0.4, -0.2) is 4.57 Å². The first-order chi connectivity index (χ1) is 8.25. The average molecular weight is 266 g/mol. The van der Waals surface area contributed by atoms with E-state index in [1.165, 1.54) is 34.7 Å². The fraction of sp³-hybridized carbons (Fsp3) is 0.308. The first-order valence-electron chi connectivity index (χ1n) is 5.75. The van der Waals surface area contributed by atoms with E-state index in [9.17, 15) is 4.79 Å². The van der Waals surface area contributed by atoms with Gasteiger partial charge in [0.25, 0.3) is 0 Å². The highest BCUT2D eigenvalue weighted by Crippen LogP contribution is 2.26. The minimum atomic E-state index is 0.124. The van der Waals surface area contributed by atoms with Crippen molar-refractivity contribution in [3.8, 4) is 5.69 Å². The summed E-state index contributed by atoms with van der Waals surface area (Å²) < 4.78 is 1.84. The van der Waals surface area contributed by atoms with Crippen molar-refractivity contribution in [3.63, 3.8) is 0 Å². The van der Waals surface area contributed by atoms with Gasteiger partial charge in [0, 0.05) is 21.3 Å². The molecule has 17 heavy (non-hydrogen) atoms. The number of hydrogen-bond donors (Lipinski definition) is 0. The first kappa shape index (κ1) is 11.1. The van der Waals surface area contributed by atoms with Crippen LogP contribution >= 0.6 is 22.9 Å². The molecule has 1 aromatic carbocycles. The van der Waals surface area contributed by atoms with Crippen LogP contribution in [-0.2, 0) is 12.8 Å². The van der Waals surface area contributed by atoms with Gasteiger partial charge < -0.3 is 0 Å². The summed E-state index contributed by atoms with van der Waals surface area (Å²) in [6, 6.07) is 7.48. The fourth-order valence-electron chi connectivity index (χ4n) is 2.32. The van der Waals surface area contributed by atoms with E-state index in [0.717, 1.165) is 18.5 Å². The number of aryl methyl sites for hydroxylation is 1. The minimum Gasteiger partial charge on any atom is -0.271 e. The number of benzene rings is 1. The van der Waals surface area contributed by atoms with E-state index >= 15 is 0 Å². The lowest BCUT2D eigenvalue weighted by Gasteiger charge is -2.13. The lowest BCUT2D eigenvalue weighted by molar-refractivity contribution is 0.664. The molecule has 0 saturated carbocycles. The van der Waals surface area contributed by atoms with Crippen molar-refractivity contribution in [2.45, 2.75) is 25.7 Å². The van der Waals surface area contributed by atoms with Crippen LogP contribution in [0.2, 0.25) is 5.02 Å². The zero-order chi connectivity index (χ0) is 11.8. The monoisotopic (exact) mass is 265 g/mol. The number of aromatic nitrogens is 1. The van der Waals surface area contributed by atoms with Gasteiger partial charge in [0.05, 0.1) is 0 Å². The molecule has 1 aliphatic carbocycles. The molecule has 0 aliphatic heterocycles. The second-order valence-corrected chi connectivity index (χ2v) is 5.74. The molecule has 2 aromatic rings. The number of thiazole rings is 1. The van der Waals surface area contributed by atoms with Crippen LogP contribution in [0.25, 0.3) is 5.69 Å². The van der Waals surface area contributed by atoms with Crippen LogP contribution in [0.4, 0.5) is 0 Å². The molecule has 0 saturated heterocycles. The Morgan fingerprint density at radius 2 is 1.82 bits per heavy atom. The number of hydrogen-bond acceptors (Lipinski definition) is 2. The standard InChI is InChI=1S/C13H12ClNOS/c14-9-5-7-10(8-6-9)15-11-3-1-2-4-12(11)17-13(15)16/h5-8H,1-4H2. The summed E-state index contributed by atoms with van der Waals surface area (Å²) in [7, 11) is 0. The van der Waals surface area contributed by atoms with Crippen molar-refractivity contribution in [1.29, 1.82) is 0 Å². The molecule has 1 aromatic heterocycles. The van der Waals surface area contributed by atoms with Gasteiger partial charge in [-0.2, -0.15) is 0 Å². The Labute approximate surface area is 108 Å². The maximum absolute atomic E-state index is 12.0. The van der Waals surface area contributed by atoms with Gasteiger partial charge >= 0.3 is 4.87 Å². The highest BCUT2D eigenvalue weighted by molar-refractivity contribution is 7.09. The van der Waals surface area contributed by atoms with Crippen molar-refractivity contribution >= 4 is 22.9 Å². The number of rotatable bonds is 1. The molecule has 0 amide bonds. The van der Waals surface area contributed by atoms with E-state index in [-0.39, 0.29) is 4.87 Å². The van der Waals surface area contributed by atoms with Crippen LogP contribution in [0.3, 0.4) is 0 Å². The van der Waals surface area contributed by atoms with E-state index < -0.39 is 0 Å². The Hall–Kier alpha value is -1.06. The first-order valence-corrected chi connectivity index (χ1v) is 6.95. The van der Waals surface area contributed by atoms with E-state index in [1.54, 1.807) is 0 Å². The molecule has 0 unspecified atom stereocenters. The summed E-state index contributed by atoms with van der Waals surface area (Å²) in [5.74, 6) is 0. The Morgan fingerprint density at radius 1 is 1.12 bits per heavy atom. The predicted molar refractivity (Wildman–Crippen MR) is 71.6 cm³/mol. The third kappa shape index (κ3) is 1.94. The molecule has 0 radical (unpaired) electrons. The summed E-state index contributed by atoms with van der Waals surface area (Å²) in [6.07, 6.45) is 4.44. The number of nitrogens with zero attached hydrogens (tertiary/aromatic N) is 1. The van der Waals surface area contributed by atoms with Gasteiger partial charge in [-0.3, -0.25) is 9.36 Å². The highest BCUT2D eigenvalue weighted by atomic mass is 35.5. The summed E-state index contributed by atoms with van der Waals surface area (Å²) >= 11 is 7.26. The molecule has 4 heteroatoms. The Balaban J connectivity index is 2.17. The van der Waals surface area contributed by atoms with Crippen molar-refractivity contribution in [1.82, 2.24) is 4.57 Å². The van der Waals surface area contributed by atoms with E-state index in [0.29, 0.717) is 5.02 Å². The minimum absolute atomic E-state index is 0.124. The van der Waals surface area contributed by atoms with Crippen molar-refractivity contribution in [2.24, 2.45) is 0 Å². The van der Waals surface area contributed by atoms with Gasteiger partial charge in [0.2, 0.25) is 0 Å². The van der Waals surface area contributed by atoms with E-state index in [1.807, 2.05) is 28.8 Å². The van der Waals surface area contributed by atoms with Crippen LogP contribution in [0, 0.1) is 0 Å². The van der Waals surface area contributed by atoms with Crippen molar-refractivity contribution in [3.05, 3.63) is 49.5 Å². The molecule has 3 rings (SSSR count). The maximum atomic E-state index is 12.0. The largest absolute Gasteiger partial charge is 0.312 e. The summed E-state index contributed by atoms with van der Waals surface area (Å²) in [4.78, 5) is 13.4. The topological polar surface area (TPSA) is 22.0 Å². The van der Waals surface area contributed by atoms with Crippen LogP contribution in [0.1, 0.15) is 23.4 Å².